The zero-order valence-corrected chi connectivity index (χ0v) is 45.7. The molecule has 6 heterocycles. The van der Waals surface area contributed by atoms with Gasteiger partial charge in [-0.3, -0.25) is 9.59 Å². The van der Waals surface area contributed by atoms with Crippen LogP contribution in [0.2, 0.25) is 0 Å². The van der Waals surface area contributed by atoms with E-state index in [0.29, 0.717) is 41.9 Å². The van der Waals surface area contributed by atoms with Gasteiger partial charge in [-0.25, -0.2) is 0 Å². The molecule has 7 aromatic rings. The number of likely N-dealkylation sites (tertiary alicyclic amines) is 3. The lowest BCUT2D eigenvalue weighted by molar-refractivity contribution is 0.0730. The standard InChI is InChI=1S/C26H32N2O4S.C16H22N2S.C9H6OS.C7H16N2/c1-27-12-7-9-20(27)11-13-28(17-21-14-18-8-5-6-10-24(18)33-21)26(29)19-15-22(30-2)25(32-4)23(16-19)31-3;1-18-10-4-6-14(18)8-9-17-12-15-11-13-5-2-3-7-16(13)19-15;10-6-8-5-7-3-1-2-4-9(7)11-8;1-9-6-2-3-7(9)4-5-8/h5-6,8,10,14-16,20H,7,9,11-13,17H2,1-4H3;2-3,5,7,11,14,17H,4,6,8-10,12H2,1H3;1-6H;7H,2-6,8H2,1H3. The first-order valence-corrected chi connectivity index (χ1v) is 28.1. The molecular weight excluding hydrogens is 957 g/mol. The van der Waals surface area contributed by atoms with Gasteiger partial charge in [0.15, 0.2) is 17.8 Å². The minimum Gasteiger partial charge on any atom is -0.493 e. The van der Waals surface area contributed by atoms with Crippen LogP contribution in [0.15, 0.2) is 103 Å². The van der Waals surface area contributed by atoms with E-state index < -0.39 is 0 Å². The number of amides is 1. The highest BCUT2D eigenvalue weighted by Gasteiger charge is 2.26. The zero-order chi connectivity index (χ0) is 50.8. The van der Waals surface area contributed by atoms with Crippen LogP contribution in [0.1, 0.15) is 87.6 Å². The first-order valence-electron chi connectivity index (χ1n) is 25.6. The molecule has 3 saturated heterocycles. The van der Waals surface area contributed by atoms with E-state index in [1.54, 1.807) is 44.8 Å². The molecule has 3 aliphatic heterocycles. The lowest BCUT2D eigenvalue weighted by Gasteiger charge is -2.27. The summed E-state index contributed by atoms with van der Waals surface area (Å²) in [6.45, 7) is 7.92. The fourth-order valence-electron chi connectivity index (χ4n) is 10.1. The quantitative estimate of drug-likeness (QED) is 0.0675. The van der Waals surface area contributed by atoms with E-state index in [2.05, 4.69) is 95.8 Å². The summed E-state index contributed by atoms with van der Waals surface area (Å²) in [5.41, 5.74) is 5.98. The number of carbonyl (C=O) groups excluding carboxylic acids is 2. The largest absolute Gasteiger partial charge is 0.493 e. The van der Waals surface area contributed by atoms with Crippen molar-refractivity contribution in [3.8, 4) is 17.2 Å². The molecule has 386 valence electrons. The van der Waals surface area contributed by atoms with Crippen LogP contribution >= 0.6 is 34.0 Å². The Kier molecular flexibility index (Phi) is 21.3. The summed E-state index contributed by atoms with van der Waals surface area (Å²) in [7, 11) is 11.3. The maximum absolute atomic E-state index is 13.8. The second-order valence-corrected chi connectivity index (χ2v) is 22.6. The van der Waals surface area contributed by atoms with Crippen molar-refractivity contribution in [2.45, 2.75) is 89.0 Å². The molecule has 4 aromatic carbocycles. The third-order valence-electron chi connectivity index (χ3n) is 14.3. The molecule has 1 amide bonds. The number of ether oxygens (including phenoxy) is 3. The Morgan fingerprint density at radius 2 is 1.14 bits per heavy atom. The molecule has 3 unspecified atom stereocenters. The van der Waals surface area contributed by atoms with E-state index in [-0.39, 0.29) is 5.91 Å². The van der Waals surface area contributed by atoms with E-state index in [4.69, 9.17) is 19.9 Å². The number of nitrogens with one attached hydrogen (secondary N) is 1. The number of aldehydes is 1. The van der Waals surface area contributed by atoms with E-state index in [1.807, 2.05) is 52.6 Å². The van der Waals surface area contributed by atoms with Gasteiger partial charge in [0, 0.05) is 60.6 Å². The van der Waals surface area contributed by atoms with Gasteiger partial charge in [0.25, 0.3) is 5.91 Å². The minimum atomic E-state index is -0.0349. The fourth-order valence-corrected chi connectivity index (χ4v) is 13.1. The molecule has 0 spiro atoms. The Hall–Kier alpha value is -4.90. The van der Waals surface area contributed by atoms with Crippen LogP contribution in [0.5, 0.6) is 17.2 Å². The second-order valence-electron chi connectivity index (χ2n) is 19.1. The van der Waals surface area contributed by atoms with Crippen LogP contribution in [-0.4, -0.2) is 132 Å². The first kappa shape index (κ1) is 54.9. The predicted molar refractivity (Wildman–Crippen MR) is 303 cm³/mol. The fraction of sp³-hybridized carbons (Fsp3) is 0.448. The molecule has 10 rings (SSSR count). The maximum atomic E-state index is 13.8. The highest BCUT2D eigenvalue weighted by molar-refractivity contribution is 7.20. The lowest BCUT2D eigenvalue weighted by Crippen LogP contribution is -2.35. The van der Waals surface area contributed by atoms with Crippen molar-refractivity contribution in [1.82, 2.24) is 24.9 Å². The molecule has 3 N–H and O–H groups in total. The summed E-state index contributed by atoms with van der Waals surface area (Å²) in [5, 5.41) is 7.34. The van der Waals surface area contributed by atoms with E-state index in [0.717, 1.165) is 61.2 Å². The average molecular weight is 1030 g/mol. The van der Waals surface area contributed by atoms with Crippen LogP contribution in [0, 0.1) is 0 Å². The van der Waals surface area contributed by atoms with Crippen molar-refractivity contribution in [1.29, 1.82) is 0 Å². The third kappa shape index (κ3) is 15.1. The van der Waals surface area contributed by atoms with Crippen LogP contribution in [0.4, 0.5) is 0 Å². The molecule has 0 saturated carbocycles. The Morgan fingerprint density at radius 3 is 1.61 bits per heavy atom. The van der Waals surface area contributed by atoms with Crippen LogP contribution < -0.4 is 25.3 Å². The van der Waals surface area contributed by atoms with Gasteiger partial charge < -0.3 is 44.9 Å². The molecule has 72 heavy (non-hydrogen) atoms. The summed E-state index contributed by atoms with van der Waals surface area (Å²) in [4.78, 5) is 36.8. The summed E-state index contributed by atoms with van der Waals surface area (Å²) in [6, 6.07) is 37.0. The summed E-state index contributed by atoms with van der Waals surface area (Å²) >= 11 is 5.18. The number of hydrogen-bond acceptors (Lipinski definition) is 13. The molecule has 11 nitrogen and oxygen atoms in total. The smallest absolute Gasteiger partial charge is 0.254 e. The van der Waals surface area contributed by atoms with Crippen LogP contribution in [-0.2, 0) is 13.1 Å². The minimum absolute atomic E-state index is 0.0349. The van der Waals surface area contributed by atoms with Gasteiger partial charge in [-0.2, -0.15) is 0 Å². The van der Waals surface area contributed by atoms with E-state index >= 15 is 0 Å². The Balaban J connectivity index is 0.000000162. The van der Waals surface area contributed by atoms with Gasteiger partial charge in [0.2, 0.25) is 5.75 Å². The predicted octanol–water partition coefficient (Wildman–Crippen LogP) is 11.7. The van der Waals surface area contributed by atoms with Gasteiger partial charge in [0.1, 0.15) is 0 Å². The summed E-state index contributed by atoms with van der Waals surface area (Å²) in [6.07, 6.45) is 12.2. The van der Waals surface area contributed by atoms with Gasteiger partial charge in [0.05, 0.1) is 32.8 Å². The highest BCUT2D eigenvalue weighted by Crippen LogP contribution is 2.39. The number of nitrogens with zero attached hydrogens (tertiary/aromatic N) is 4. The molecule has 3 fully saturated rings. The lowest BCUT2D eigenvalue weighted by atomic mass is 10.1. The summed E-state index contributed by atoms with van der Waals surface area (Å²) < 4.78 is 20.2. The molecular formula is C58H76N6O5S3. The normalized spacial score (nSPS) is 18.0. The summed E-state index contributed by atoms with van der Waals surface area (Å²) in [5.74, 6) is 1.42. The molecule has 14 heteroatoms. The average Bonchev–Trinajstić information content (AvgIpc) is 4.29. The number of benzene rings is 4. The van der Waals surface area contributed by atoms with Gasteiger partial charge >= 0.3 is 0 Å². The van der Waals surface area contributed by atoms with E-state index in [9.17, 15) is 9.59 Å². The van der Waals surface area contributed by atoms with E-state index in [1.165, 1.54) is 110 Å². The number of rotatable bonds is 17. The number of hydrogen-bond donors (Lipinski definition) is 2. The molecule has 3 aliphatic rings. The van der Waals surface area contributed by atoms with Crippen molar-refractivity contribution in [3.05, 3.63) is 123 Å². The molecule has 3 aromatic heterocycles. The van der Waals surface area contributed by atoms with Crippen molar-refractivity contribution in [2.24, 2.45) is 5.73 Å². The van der Waals surface area contributed by atoms with Gasteiger partial charge in [-0.15, -0.1) is 34.0 Å². The van der Waals surface area contributed by atoms with Crippen LogP contribution in [0.3, 0.4) is 0 Å². The van der Waals surface area contributed by atoms with Crippen molar-refractivity contribution >= 4 is 76.5 Å². The molecule has 0 radical (unpaired) electrons. The molecule has 0 bridgehead atoms. The highest BCUT2D eigenvalue weighted by atomic mass is 32.1. The first-order chi connectivity index (χ1) is 35.1. The third-order valence-corrected chi connectivity index (χ3v) is 17.5. The van der Waals surface area contributed by atoms with Crippen molar-refractivity contribution in [3.63, 3.8) is 0 Å². The van der Waals surface area contributed by atoms with Gasteiger partial charge in [-0.05, 0) is 176 Å². The monoisotopic (exact) mass is 1030 g/mol. The van der Waals surface area contributed by atoms with Crippen molar-refractivity contribution in [2.75, 3.05) is 81.7 Å². The SMILES string of the molecule is CN1CCCC1CCN.CN1CCCC1CCNCc1cc2ccccc2s1.COc1cc(C(=O)N(CCC2CCCN2C)Cc2cc3ccccc3s2)cc(OC)c1OC.O=Cc1cc2ccccc2s1. The zero-order valence-electron chi connectivity index (χ0n) is 43.3. The van der Waals surface area contributed by atoms with Crippen LogP contribution in [0.25, 0.3) is 30.3 Å². The van der Waals surface area contributed by atoms with Crippen molar-refractivity contribution < 1.29 is 23.8 Å². The molecule has 0 aliphatic carbocycles. The number of carbonyl (C=O) groups is 2. The number of nitrogens with two attached hydrogens (primary N) is 1. The molecule has 3 atom stereocenters. The Labute approximate surface area is 439 Å². The Bertz CT molecular complexity index is 2650. The van der Waals surface area contributed by atoms with Gasteiger partial charge in [-0.1, -0.05) is 54.6 Å². The number of methoxy groups -OCH3 is 3. The Morgan fingerprint density at radius 1 is 0.653 bits per heavy atom. The topological polar surface area (TPSA) is 113 Å². The number of thiophene rings is 3. The second kappa shape index (κ2) is 28.0. The maximum Gasteiger partial charge on any atom is 0.254 e. The number of fused-ring (bicyclic) bond motifs is 3.